The first-order valence-electron chi connectivity index (χ1n) is 6.59. The van der Waals surface area contributed by atoms with Crippen molar-refractivity contribution < 1.29 is 14.6 Å². The van der Waals surface area contributed by atoms with Crippen molar-refractivity contribution in [1.29, 1.82) is 0 Å². The van der Waals surface area contributed by atoms with Crippen LogP contribution in [0.3, 0.4) is 0 Å². The Bertz CT molecular complexity index is 430. The smallest absolute Gasteiger partial charge is 0.313 e. The Morgan fingerprint density at radius 1 is 1.58 bits per heavy atom. The fourth-order valence-electron chi connectivity index (χ4n) is 2.18. The molecule has 7 heteroatoms. The zero-order valence-electron chi connectivity index (χ0n) is 11.0. The highest BCUT2D eigenvalue weighted by Gasteiger charge is 2.18. The summed E-state index contributed by atoms with van der Waals surface area (Å²) in [5.41, 5.74) is 0. The van der Waals surface area contributed by atoms with Crippen molar-refractivity contribution in [2.75, 3.05) is 12.4 Å². The monoisotopic (exact) mass is 285 g/mol. The van der Waals surface area contributed by atoms with E-state index >= 15 is 0 Å². The summed E-state index contributed by atoms with van der Waals surface area (Å²) in [6, 6.07) is 0. The third-order valence-electron chi connectivity index (χ3n) is 3.13. The number of carboxylic acid groups (broad SMARTS) is 1. The minimum absolute atomic E-state index is 0.0157. The number of hydrogen-bond acceptors (Lipinski definition) is 5. The molecule has 1 aromatic heterocycles. The molecule has 0 saturated carbocycles. The summed E-state index contributed by atoms with van der Waals surface area (Å²) in [7, 11) is 0. The SMILES string of the molecule is CCc1nnc(SCC(=O)O)n1CCC1CCCO1. The Balaban J connectivity index is 1.98. The molecular formula is C12H19N3O3S. The van der Waals surface area contributed by atoms with Crippen molar-refractivity contribution in [3.05, 3.63) is 5.82 Å². The summed E-state index contributed by atoms with van der Waals surface area (Å²) in [6.07, 6.45) is 4.30. The molecule has 106 valence electrons. The fraction of sp³-hybridized carbons (Fsp3) is 0.750. The van der Waals surface area contributed by atoms with Gasteiger partial charge in [-0.15, -0.1) is 10.2 Å². The van der Waals surface area contributed by atoms with Crippen LogP contribution >= 0.6 is 11.8 Å². The number of hydrogen-bond donors (Lipinski definition) is 1. The average Bonchev–Trinajstić information content (AvgIpc) is 3.02. The van der Waals surface area contributed by atoms with Gasteiger partial charge in [0.25, 0.3) is 0 Å². The fourth-order valence-corrected chi connectivity index (χ4v) is 2.89. The van der Waals surface area contributed by atoms with Gasteiger partial charge in [-0.25, -0.2) is 0 Å². The van der Waals surface area contributed by atoms with Crippen molar-refractivity contribution in [2.45, 2.75) is 50.4 Å². The van der Waals surface area contributed by atoms with Crippen LogP contribution in [0.4, 0.5) is 0 Å². The number of ether oxygens (including phenoxy) is 1. The van der Waals surface area contributed by atoms with Gasteiger partial charge in [0.2, 0.25) is 0 Å². The molecule has 1 aromatic rings. The molecule has 2 heterocycles. The predicted molar refractivity (Wildman–Crippen MR) is 71.4 cm³/mol. The van der Waals surface area contributed by atoms with Crippen LogP contribution in [-0.2, 0) is 22.5 Å². The van der Waals surface area contributed by atoms with E-state index < -0.39 is 5.97 Å². The molecular weight excluding hydrogens is 266 g/mol. The highest BCUT2D eigenvalue weighted by Crippen LogP contribution is 2.21. The Labute approximate surface area is 116 Å². The predicted octanol–water partition coefficient (Wildman–Crippen LogP) is 1.59. The second kappa shape index (κ2) is 6.91. The van der Waals surface area contributed by atoms with E-state index in [0.29, 0.717) is 11.3 Å². The Hall–Kier alpha value is -1.08. The standard InChI is InChI=1S/C12H19N3O3S/c1-2-10-13-14-12(19-8-11(16)17)15(10)6-5-9-4-3-7-18-9/h9H,2-8H2,1H3,(H,16,17). The number of aliphatic carboxylic acids is 1. The number of carboxylic acids is 1. The summed E-state index contributed by atoms with van der Waals surface area (Å²) >= 11 is 1.22. The number of aryl methyl sites for hydroxylation is 1. The van der Waals surface area contributed by atoms with Crippen LogP contribution in [0.1, 0.15) is 32.0 Å². The van der Waals surface area contributed by atoms with Gasteiger partial charge in [-0.1, -0.05) is 18.7 Å². The number of rotatable bonds is 7. The number of aromatic nitrogens is 3. The molecule has 0 aromatic carbocycles. The molecule has 19 heavy (non-hydrogen) atoms. The van der Waals surface area contributed by atoms with E-state index in [1.54, 1.807) is 0 Å². The van der Waals surface area contributed by atoms with Gasteiger partial charge in [0, 0.05) is 19.6 Å². The van der Waals surface area contributed by atoms with Gasteiger partial charge in [0.05, 0.1) is 11.9 Å². The van der Waals surface area contributed by atoms with E-state index in [2.05, 4.69) is 10.2 Å². The first-order valence-corrected chi connectivity index (χ1v) is 7.57. The summed E-state index contributed by atoms with van der Waals surface area (Å²) in [4.78, 5) is 10.6. The minimum atomic E-state index is -0.836. The van der Waals surface area contributed by atoms with Gasteiger partial charge in [-0.05, 0) is 19.3 Å². The molecule has 1 N–H and O–H groups in total. The molecule has 0 aliphatic carbocycles. The van der Waals surface area contributed by atoms with Gasteiger partial charge in [-0.2, -0.15) is 0 Å². The van der Waals surface area contributed by atoms with E-state index in [1.165, 1.54) is 11.8 Å². The van der Waals surface area contributed by atoms with E-state index in [9.17, 15) is 4.79 Å². The quantitative estimate of drug-likeness (QED) is 0.767. The van der Waals surface area contributed by atoms with E-state index in [0.717, 1.165) is 44.7 Å². The maximum Gasteiger partial charge on any atom is 0.313 e. The number of nitrogens with zero attached hydrogens (tertiary/aromatic N) is 3. The molecule has 0 amide bonds. The van der Waals surface area contributed by atoms with Crippen LogP contribution in [0.2, 0.25) is 0 Å². The molecule has 2 rings (SSSR count). The normalized spacial score (nSPS) is 18.9. The van der Waals surface area contributed by atoms with Gasteiger partial charge < -0.3 is 14.4 Å². The van der Waals surface area contributed by atoms with Crippen LogP contribution in [0.25, 0.3) is 0 Å². The summed E-state index contributed by atoms with van der Waals surface area (Å²) < 4.78 is 7.63. The maximum atomic E-state index is 10.6. The largest absolute Gasteiger partial charge is 0.481 e. The molecule has 0 bridgehead atoms. The molecule has 0 radical (unpaired) electrons. The second-order valence-electron chi connectivity index (χ2n) is 4.51. The van der Waals surface area contributed by atoms with Crippen molar-refractivity contribution in [3.8, 4) is 0 Å². The van der Waals surface area contributed by atoms with Crippen LogP contribution in [-0.4, -0.2) is 44.3 Å². The van der Waals surface area contributed by atoms with Crippen LogP contribution < -0.4 is 0 Å². The molecule has 1 unspecified atom stereocenters. The Kier molecular flexibility index (Phi) is 5.21. The molecule has 1 aliphatic heterocycles. The third-order valence-corrected chi connectivity index (χ3v) is 4.08. The first kappa shape index (κ1) is 14.3. The minimum Gasteiger partial charge on any atom is -0.481 e. The van der Waals surface area contributed by atoms with Gasteiger partial charge in [0.1, 0.15) is 5.82 Å². The molecule has 1 fully saturated rings. The van der Waals surface area contributed by atoms with E-state index in [4.69, 9.17) is 9.84 Å². The highest BCUT2D eigenvalue weighted by molar-refractivity contribution is 7.99. The third kappa shape index (κ3) is 3.94. The van der Waals surface area contributed by atoms with Crippen molar-refractivity contribution in [1.82, 2.24) is 14.8 Å². The van der Waals surface area contributed by atoms with Crippen LogP contribution in [0.15, 0.2) is 5.16 Å². The lowest BCUT2D eigenvalue weighted by Gasteiger charge is -2.12. The molecule has 1 atom stereocenters. The number of thioether (sulfide) groups is 1. The average molecular weight is 285 g/mol. The zero-order valence-corrected chi connectivity index (χ0v) is 11.9. The summed E-state index contributed by atoms with van der Waals surface area (Å²) in [5, 5.41) is 17.6. The summed E-state index contributed by atoms with van der Waals surface area (Å²) in [5.74, 6) is 0.0875. The lowest BCUT2D eigenvalue weighted by Crippen LogP contribution is -2.13. The molecule has 6 nitrogen and oxygen atoms in total. The van der Waals surface area contributed by atoms with Gasteiger partial charge >= 0.3 is 5.97 Å². The first-order chi connectivity index (χ1) is 9.20. The molecule has 1 aliphatic rings. The summed E-state index contributed by atoms with van der Waals surface area (Å²) in [6.45, 7) is 3.68. The number of carbonyl (C=O) groups is 1. The lowest BCUT2D eigenvalue weighted by atomic mass is 10.2. The zero-order chi connectivity index (χ0) is 13.7. The lowest BCUT2D eigenvalue weighted by molar-refractivity contribution is -0.133. The second-order valence-corrected chi connectivity index (χ2v) is 5.45. The maximum absolute atomic E-state index is 10.6. The molecule has 0 spiro atoms. The van der Waals surface area contributed by atoms with E-state index in [-0.39, 0.29) is 5.75 Å². The topological polar surface area (TPSA) is 77.2 Å². The van der Waals surface area contributed by atoms with Gasteiger partial charge in [-0.3, -0.25) is 4.79 Å². The van der Waals surface area contributed by atoms with E-state index in [1.807, 2.05) is 11.5 Å². The van der Waals surface area contributed by atoms with Crippen LogP contribution in [0.5, 0.6) is 0 Å². The van der Waals surface area contributed by atoms with Crippen LogP contribution in [0, 0.1) is 0 Å². The van der Waals surface area contributed by atoms with Crippen molar-refractivity contribution in [2.24, 2.45) is 0 Å². The Morgan fingerprint density at radius 2 is 2.42 bits per heavy atom. The van der Waals surface area contributed by atoms with Gasteiger partial charge in [0.15, 0.2) is 5.16 Å². The highest BCUT2D eigenvalue weighted by atomic mass is 32.2. The molecule has 1 saturated heterocycles. The van der Waals surface area contributed by atoms with Crippen molar-refractivity contribution in [3.63, 3.8) is 0 Å². The Morgan fingerprint density at radius 3 is 3.05 bits per heavy atom. The van der Waals surface area contributed by atoms with Crippen molar-refractivity contribution >= 4 is 17.7 Å².